The molecule has 0 spiro atoms. The van der Waals surface area contributed by atoms with E-state index in [4.69, 9.17) is 4.74 Å². The number of methoxy groups -OCH3 is 1. The lowest BCUT2D eigenvalue weighted by atomic mass is 10.1. The molecule has 4 heteroatoms. The Morgan fingerprint density at radius 1 is 1.21 bits per heavy atom. The molecule has 0 aliphatic carbocycles. The number of aromatic nitrogens is 2. The average molecular weight is 257 g/mol. The molecule has 1 aromatic heterocycles. The van der Waals surface area contributed by atoms with Crippen LogP contribution < -0.4 is 10.1 Å². The quantitative estimate of drug-likeness (QED) is 0.862. The lowest BCUT2D eigenvalue weighted by Crippen LogP contribution is -2.27. The number of hydrogen-bond donors (Lipinski definition) is 1. The fraction of sp³-hybridized carbons (Fsp3) is 0.333. The first kappa shape index (κ1) is 13.5. The molecular weight excluding hydrogens is 238 g/mol. The largest absolute Gasteiger partial charge is 0.481 e. The van der Waals surface area contributed by atoms with Gasteiger partial charge in [-0.05, 0) is 12.5 Å². The summed E-state index contributed by atoms with van der Waals surface area (Å²) >= 11 is 0. The average Bonchev–Trinajstić information content (AvgIpc) is 2.46. The molecule has 19 heavy (non-hydrogen) atoms. The van der Waals surface area contributed by atoms with Gasteiger partial charge in [-0.25, -0.2) is 9.97 Å². The van der Waals surface area contributed by atoms with Crippen LogP contribution in [0.15, 0.2) is 42.7 Å². The normalized spacial score (nSPS) is 12.1. The molecule has 0 unspecified atom stereocenters. The predicted molar refractivity (Wildman–Crippen MR) is 75.0 cm³/mol. The fourth-order valence-electron chi connectivity index (χ4n) is 1.87. The molecular formula is C15H19N3O. The molecule has 0 saturated carbocycles. The van der Waals surface area contributed by atoms with Gasteiger partial charge in [-0.2, -0.15) is 0 Å². The Labute approximate surface area is 113 Å². The van der Waals surface area contributed by atoms with E-state index in [9.17, 15) is 0 Å². The topological polar surface area (TPSA) is 47.0 Å². The van der Waals surface area contributed by atoms with Crippen molar-refractivity contribution in [3.63, 3.8) is 0 Å². The Morgan fingerprint density at radius 2 is 2.00 bits per heavy atom. The standard InChI is InChI=1S/C15H19N3O/c1-12(16-10-13-6-4-3-5-7-13)8-14-9-15(19-2)18-11-17-14/h3-7,9,11-12,16H,8,10H2,1-2H3/t12-/m1/s1. The van der Waals surface area contributed by atoms with Gasteiger partial charge >= 0.3 is 0 Å². The van der Waals surface area contributed by atoms with Gasteiger partial charge in [-0.3, -0.25) is 0 Å². The Hall–Kier alpha value is -1.94. The highest BCUT2D eigenvalue weighted by atomic mass is 16.5. The van der Waals surface area contributed by atoms with E-state index >= 15 is 0 Å². The van der Waals surface area contributed by atoms with Crippen LogP contribution in [0.5, 0.6) is 5.88 Å². The molecule has 0 fully saturated rings. The van der Waals surface area contributed by atoms with Crippen LogP contribution in [0.3, 0.4) is 0 Å². The number of benzene rings is 1. The minimum atomic E-state index is 0.347. The van der Waals surface area contributed by atoms with E-state index in [2.05, 4.69) is 46.5 Å². The van der Waals surface area contributed by atoms with Crippen LogP contribution in [-0.2, 0) is 13.0 Å². The molecule has 0 saturated heterocycles. The van der Waals surface area contributed by atoms with Crippen molar-refractivity contribution in [3.05, 3.63) is 54.0 Å². The SMILES string of the molecule is COc1cc(C[C@@H](C)NCc2ccccc2)ncn1. The Bertz CT molecular complexity index is 502. The van der Waals surface area contributed by atoms with Gasteiger partial charge in [0, 0.05) is 30.8 Å². The molecule has 0 radical (unpaired) electrons. The minimum absolute atomic E-state index is 0.347. The molecule has 0 bridgehead atoms. The summed E-state index contributed by atoms with van der Waals surface area (Å²) in [5.74, 6) is 0.611. The summed E-state index contributed by atoms with van der Waals surface area (Å²) in [5.41, 5.74) is 2.27. The van der Waals surface area contributed by atoms with E-state index in [1.807, 2.05) is 12.1 Å². The van der Waals surface area contributed by atoms with Gasteiger partial charge in [0.1, 0.15) is 6.33 Å². The van der Waals surface area contributed by atoms with Crippen molar-refractivity contribution in [2.45, 2.75) is 25.9 Å². The minimum Gasteiger partial charge on any atom is -0.481 e. The molecule has 4 nitrogen and oxygen atoms in total. The number of nitrogens with one attached hydrogen (secondary N) is 1. The van der Waals surface area contributed by atoms with E-state index in [0.29, 0.717) is 11.9 Å². The van der Waals surface area contributed by atoms with Crippen molar-refractivity contribution in [2.75, 3.05) is 7.11 Å². The number of rotatable bonds is 6. The van der Waals surface area contributed by atoms with Crippen LogP contribution in [0, 0.1) is 0 Å². The molecule has 2 aromatic rings. The second-order valence-electron chi connectivity index (χ2n) is 4.52. The van der Waals surface area contributed by atoms with Gasteiger partial charge in [0.05, 0.1) is 7.11 Å². The van der Waals surface area contributed by atoms with Gasteiger partial charge in [-0.1, -0.05) is 30.3 Å². The lowest BCUT2D eigenvalue weighted by molar-refractivity contribution is 0.395. The summed E-state index contributed by atoms with van der Waals surface area (Å²) in [4.78, 5) is 8.26. The molecule has 1 heterocycles. The van der Waals surface area contributed by atoms with Crippen molar-refractivity contribution in [2.24, 2.45) is 0 Å². The number of hydrogen-bond acceptors (Lipinski definition) is 4. The highest BCUT2D eigenvalue weighted by molar-refractivity contribution is 5.15. The first-order chi connectivity index (χ1) is 9.28. The first-order valence-electron chi connectivity index (χ1n) is 6.40. The van der Waals surface area contributed by atoms with E-state index in [-0.39, 0.29) is 0 Å². The van der Waals surface area contributed by atoms with Crippen molar-refractivity contribution >= 4 is 0 Å². The zero-order valence-corrected chi connectivity index (χ0v) is 11.3. The molecule has 0 amide bonds. The highest BCUT2D eigenvalue weighted by Gasteiger charge is 2.05. The summed E-state index contributed by atoms with van der Waals surface area (Å²) < 4.78 is 5.09. The smallest absolute Gasteiger partial charge is 0.216 e. The van der Waals surface area contributed by atoms with E-state index in [0.717, 1.165) is 18.7 Å². The molecule has 0 aliphatic rings. The predicted octanol–water partition coefficient (Wildman–Crippen LogP) is 2.21. The zero-order chi connectivity index (χ0) is 13.5. The van der Waals surface area contributed by atoms with Crippen LogP contribution in [0.1, 0.15) is 18.2 Å². The molecule has 100 valence electrons. The highest BCUT2D eigenvalue weighted by Crippen LogP contribution is 2.08. The number of nitrogens with zero attached hydrogens (tertiary/aromatic N) is 2. The van der Waals surface area contributed by atoms with Gasteiger partial charge in [0.15, 0.2) is 0 Å². The van der Waals surface area contributed by atoms with E-state index in [1.165, 1.54) is 11.9 Å². The molecule has 1 atom stereocenters. The third-order valence-electron chi connectivity index (χ3n) is 2.92. The zero-order valence-electron chi connectivity index (χ0n) is 11.3. The molecule has 0 aliphatic heterocycles. The lowest BCUT2D eigenvalue weighted by Gasteiger charge is -2.13. The van der Waals surface area contributed by atoms with E-state index < -0.39 is 0 Å². The van der Waals surface area contributed by atoms with Gasteiger partial charge in [-0.15, -0.1) is 0 Å². The Balaban J connectivity index is 1.85. The monoisotopic (exact) mass is 257 g/mol. The van der Waals surface area contributed by atoms with Crippen LogP contribution in [0.25, 0.3) is 0 Å². The summed E-state index contributed by atoms with van der Waals surface area (Å²) in [6, 6.07) is 12.6. The van der Waals surface area contributed by atoms with Crippen LogP contribution in [0.2, 0.25) is 0 Å². The van der Waals surface area contributed by atoms with Crippen molar-refractivity contribution in [1.82, 2.24) is 15.3 Å². The second-order valence-corrected chi connectivity index (χ2v) is 4.52. The summed E-state index contributed by atoms with van der Waals surface area (Å²) in [5, 5.41) is 3.48. The van der Waals surface area contributed by atoms with Gasteiger partial charge < -0.3 is 10.1 Å². The first-order valence-corrected chi connectivity index (χ1v) is 6.40. The second kappa shape index (κ2) is 6.85. The van der Waals surface area contributed by atoms with Crippen molar-refractivity contribution in [3.8, 4) is 5.88 Å². The molecule has 1 aromatic carbocycles. The molecule has 1 N–H and O–H groups in total. The Morgan fingerprint density at radius 3 is 2.74 bits per heavy atom. The maximum absolute atomic E-state index is 5.09. The van der Waals surface area contributed by atoms with E-state index in [1.54, 1.807) is 7.11 Å². The summed E-state index contributed by atoms with van der Waals surface area (Å²) in [7, 11) is 1.61. The van der Waals surface area contributed by atoms with Gasteiger partial charge in [0.2, 0.25) is 5.88 Å². The van der Waals surface area contributed by atoms with Crippen LogP contribution in [0.4, 0.5) is 0 Å². The van der Waals surface area contributed by atoms with Gasteiger partial charge in [0.25, 0.3) is 0 Å². The van der Waals surface area contributed by atoms with Crippen molar-refractivity contribution < 1.29 is 4.74 Å². The van der Waals surface area contributed by atoms with Crippen molar-refractivity contribution in [1.29, 1.82) is 0 Å². The third-order valence-corrected chi connectivity index (χ3v) is 2.92. The fourth-order valence-corrected chi connectivity index (χ4v) is 1.87. The maximum Gasteiger partial charge on any atom is 0.216 e. The summed E-state index contributed by atoms with van der Waals surface area (Å²) in [6.45, 7) is 3.02. The molecule has 2 rings (SSSR count). The van der Waals surface area contributed by atoms with Crippen LogP contribution in [-0.4, -0.2) is 23.1 Å². The summed E-state index contributed by atoms with van der Waals surface area (Å²) in [6.07, 6.45) is 2.39. The third kappa shape index (κ3) is 4.34. The van der Waals surface area contributed by atoms with Crippen LogP contribution >= 0.6 is 0 Å². The Kier molecular flexibility index (Phi) is 4.86. The maximum atomic E-state index is 5.09. The number of ether oxygens (including phenoxy) is 1.